The van der Waals surface area contributed by atoms with Crippen molar-refractivity contribution in [3.63, 3.8) is 0 Å². The summed E-state index contributed by atoms with van der Waals surface area (Å²) in [6, 6.07) is 31.0. The summed E-state index contributed by atoms with van der Waals surface area (Å²) < 4.78 is 26.2. The quantitative estimate of drug-likeness (QED) is 0.259. The molecule has 0 aliphatic carbocycles. The van der Waals surface area contributed by atoms with Gasteiger partial charge in [0.15, 0.2) is 11.6 Å². The predicted octanol–water partition coefficient (Wildman–Crippen LogP) is 8.30. The molecule has 186 valence electrons. The maximum Gasteiger partial charge on any atom is 0.270 e. The van der Waals surface area contributed by atoms with Crippen LogP contribution in [0.15, 0.2) is 108 Å². The van der Waals surface area contributed by atoms with Crippen LogP contribution in [0.25, 0.3) is 22.3 Å². The molecule has 0 fully saturated rings. The Labute approximate surface area is 215 Å². The van der Waals surface area contributed by atoms with Crippen LogP contribution in [0.2, 0.25) is 0 Å². The number of rotatable bonds is 6. The molecule has 1 aromatic heterocycles. The summed E-state index contributed by atoms with van der Waals surface area (Å²) in [4.78, 5) is 13.4. The Morgan fingerprint density at radius 3 is 2.22 bits per heavy atom. The minimum Gasteiger partial charge on any atom is -0.473 e. The van der Waals surface area contributed by atoms with Crippen LogP contribution in [0.5, 0.6) is 5.75 Å². The van der Waals surface area contributed by atoms with Crippen molar-refractivity contribution in [2.75, 3.05) is 5.32 Å². The summed E-state index contributed by atoms with van der Waals surface area (Å²) in [7, 11) is 0. The van der Waals surface area contributed by atoms with Gasteiger partial charge >= 0.3 is 0 Å². The lowest BCUT2D eigenvalue weighted by Crippen LogP contribution is -2.26. The highest BCUT2D eigenvalue weighted by Crippen LogP contribution is 2.31. The number of furan rings is 1. The Bertz CT molecular complexity index is 1500. The molecule has 1 amide bonds. The summed E-state index contributed by atoms with van der Waals surface area (Å²) in [6.07, 6.45) is -1.04. The van der Waals surface area contributed by atoms with Gasteiger partial charge in [-0.15, -0.1) is 0 Å². The molecule has 5 heteroatoms. The van der Waals surface area contributed by atoms with E-state index in [1.165, 1.54) is 12.1 Å². The molecule has 1 atom stereocenters. The second-order valence-electron chi connectivity index (χ2n) is 10.0. The highest BCUT2D eigenvalue weighted by atomic mass is 19.1. The number of amides is 1. The number of ether oxygens (including phenoxy) is 1. The first-order valence-corrected chi connectivity index (χ1v) is 12.2. The van der Waals surface area contributed by atoms with Crippen LogP contribution in [0.3, 0.4) is 0 Å². The van der Waals surface area contributed by atoms with E-state index in [1.54, 1.807) is 12.1 Å². The van der Waals surface area contributed by atoms with Crippen molar-refractivity contribution in [2.45, 2.75) is 32.3 Å². The second-order valence-corrected chi connectivity index (χ2v) is 10.0. The molecule has 1 N–H and O–H groups in total. The zero-order chi connectivity index (χ0) is 26.0. The van der Waals surface area contributed by atoms with Crippen LogP contribution in [0, 0.1) is 5.82 Å². The third-order valence-corrected chi connectivity index (χ3v) is 6.26. The molecule has 37 heavy (non-hydrogen) atoms. The van der Waals surface area contributed by atoms with Gasteiger partial charge in [-0.05, 0) is 59.5 Å². The zero-order valence-corrected chi connectivity index (χ0v) is 21.0. The summed E-state index contributed by atoms with van der Waals surface area (Å²) in [5, 5.41) is 3.94. The average molecular weight is 494 g/mol. The number of para-hydroxylation sites is 2. The number of fused-ring (bicyclic) bond motifs is 1. The molecule has 0 aliphatic heterocycles. The molecule has 0 saturated carbocycles. The minimum atomic E-state index is -1.04. The van der Waals surface area contributed by atoms with Crippen molar-refractivity contribution in [3.05, 3.63) is 120 Å². The van der Waals surface area contributed by atoms with Crippen LogP contribution in [-0.2, 0) is 10.2 Å². The molecular weight excluding hydrogens is 465 g/mol. The molecule has 4 aromatic carbocycles. The molecule has 0 saturated heterocycles. The minimum absolute atomic E-state index is 0.0165. The second kappa shape index (κ2) is 9.94. The Hall–Kier alpha value is -4.38. The maximum absolute atomic E-state index is 14.4. The molecule has 0 radical (unpaired) electrons. The van der Waals surface area contributed by atoms with Crippen LogP contribution < -0.4 is 10.1 Å². The Morgan fingerprint density at radius 2 is 1.54 bits per heavy atom. The van der Waals surface area contributed by atoms with Crippen molar-refractivity contribution < 1.29 is 18.3 Å². The third-order valence-electron chi connectivity index (χ3n) is 6.26. The van der Waals surface area contributed by atoms with Gasteiger partial charge < -0.3 is 14.5 Å². The normalized spacial score (nSPS) is 12.3. The number of carbonyl (C=O) groups excluding carboxylic acids is 1. The summed E-state index contributed by atoms with van der Waals surface area (Å²) in [5.41, 5.74) is 4.03. The van der Waals surface area contributed by atoms with Gasteiger partial charge in [-0.1, -0.05) is 75.4 Å². The highest BCUT2D eigenvalue weighted by Gasteiger charge is 2.25. The van der Waals surface area contributed by atoms with E-state index >= 15 is 0 Å². The molecular formula is C32H28FNO3. The molecule has 0 bridgehead atoms. The van der Waals surface area contributed by atoms with Crippen molar-refractivity contribution in [2.24, 2.45) is 0 Å². The molecule has 5 aromatic rings. The van der Waals surface area contributed by atoms with E-state index in [0.717, 1.165) is 27.9 Å². The first-order chi connectivity index (χ1) is 17.8. The van der Waals surface area contributed by atoms with Crippen molar-refractivity contribution in [1.82, 2.24) is 0 Å². The topological polar surface area (TPSA) is 51.5 Å². The predicted molar refractivity (Wildman–Crippen MR) is 145 cm³/mol. The number of carbonyl (C=O) groups is 1. The molecule has 0 spiro atoms. The Balaban J connectivity index is 1.39. The van der Waals surface area contributed by atoms with Gasteiger partial charge in [0, 0.05) is 22.2 Å². The summed E-state index contributed by atoms with van der Waals surface area (Å²) >= 11 is 0. The number of nitrogens with one attached hydrogen (secondary N) is 1. The Morgan fingerprint density at radius 1 is 0.865 bits per heavy atom. The molecule has 0 aliphatic rings. The van der Waals surface area contributed by atoms with E-state index < -0.39 is 17.8 Å². The van der Waals surface area contributed by atoms with Crippen molar-refractivity contribution in [3.8, 4) is 17.1 Å². The number of halogens is 1. The van der Waals surface area contributed by atoms with Crippen molar-refractivity contribution >= 4 is 22.6 Å². The van der Waals surface area contributed by atoms with E-state index in [1.807, 2.05) is 78.9 Å². The maximum atomic E-state index is 14.4. The molecule has 5 rings (SSSR count). The van der Waals surface area contributed by atoms with E-state index in [9.17, 15) is 9.18 Å². The number of benzene rings is 4. The monoisotopic (exact) mass is 493 g/mol. The largest absolute Gasteiger partial charge is 0.473 e. The van der Waals surface area contributed by atoms with Gasteiger partial charge in [-0.25, -0.2) is 4.39 Å². The fraction of sp³-hybridized carbons (Fsp3) is 0.156. The van der Waals surface area contributed by atoms with Crippen LogP contribution in [0.1, 0.15) is 38.0 Å². The van der Waals surface area contributed by atoms with Gasteiger partial charge in [0.05, 0.1) is 0 Å². The summed E-state index contributed by atoms with van der Waals surface area (Å²) in [5.74, 6) is -0.161. The van der Waals surface area contributed by atoms with Gasteiger partial charge in [0.1, 0.15) is 11.3 Å². The van der Waals surface area contributed by atoms with E-state index in [4.69, 9.17) is 9.15 Å². The van der Waals surface area contributed by atoms with Crippen molar-refractivity contribution in [1.29, 1.82) is 0 Å². The summed E-state index contributed by atoms with van der Waals surface area (Å²) in [6.45, 7) is 6.37. The lowest BCUT2D eigenvalue weighted by atomic mass is 9.86. The first-order valence-electron chi connectivity index (χ1n) is 12.2. The fourth-order valence-electron chi connectivity index (χ4n) is 4.15. The molecule has 1 heterocycles. The van der Waals surface area contributed by atoms with Gasteiger partial charge in [-0.3, -0.25) is 4.79 Å². The number of anilines is 1. The third kappa shape index (κ3) is 5.41. The van der Waals surface area contributed by atoms with E-state index in [-0.39, 0.29) is 11.2 Å². The van der Waals surface area contributed by atoms with Gasteiger partial charge in [0.2, 0.25) is 6.10 Å². The smallest absolute Gasteiger partial charge is 0.270 e. The lowest BCUT2D eigenvalue weighted by Gasteiger charge is -2.22. The number of hydrogen-bond acceptors (Lipinski definition) is 3. The fourth-order valence-corrected chi connectivity index (χ4v) is 4.15. The number of hydrogen-bond donors (Lipinski definition) is 1. The standard InChI is InChI=1S/C32H28FNO3/c1-32(2,3)24-16-12-22(13-17-24)30(37-28-11-7-5-9-26(28)33)31(35)34-25-18-14-21(15-19-25)29-20-23-8-4-6-10-27(23)36-29/h4-20,30H,1-3H3,(H,34,35). The Kier molecular flexibility index (Phi) is 6.53. The lowest BCUT2D eigenvalue weighted by molar-refractivity contribution is -0.123. The first kappa shape index (κ1) is 24.3. The molecule has 1 unspecified atom stereocenters. The average Bonchev–Trinajstić information content (AvgIpc) is 3.33. The van der Waals surface area contributed by atoms with Crippen LogP contribution in [0.4, 0.5) is 10.1 Å². The molecule has 4 nitrogen and oxygen atoms in total. The highest BCUT2D eigenvalue weighted by molar-refractivity contribution is 5.95. The zero-order valence-electron chi connectivity index (χ0n) is 21.0. The van der Waals surface area contributed by atoms with Gasteiger partial charge in [-0.2, -0.15) is 0 Å². The van der Waals surface area contributed by atoms with Crippen LogP contribution >= 0.6 is 0 Å². The van der Waals surface area contributed by atoms with Gasteiger partial charge in [0.25, 0.3) is 5.91 Å². The van der Waals surface area contributed by atoms with E-state index in [2.05, 4.69) is 26.1 Å². The van der Waals surface area contributed by atoms with E-state index in [0.29, 0.717) is 11.3 Å². The SMILES string of the molecule is CC(C)(C)c1ccc(C(Oc2ccccc2F)C(=O)Nc2ccc(-c3cc4ccccc4o3)cc2)cc1. The van der Waals surface area contributed by atoms with Crippen LogP contribution in [-0.4, -0.2) is 5.91 Å².